The quantitative estimate of drug-likeness (QED) is 0.277. The van der Waals surface area contributed by atoms with Crippen molar-refractivity contribution in [3.8, 4) is 16.3 Å². The van der Waals surface area contributed by atoms with Crippen molar-refractivity contribution >= 4 is 49.9 Å². The van der Waals surface area contributed by atoms with Gasteiger partial charge in [0.25, 0.3) is 5.56 Å². The van der Waals surface area contributed by atoms with Crippen LogP contribution in [0.25, 0.3) is 21.5 Å². The highest BCUT2D eigenvalue weighted by Crippen LogP contribution is 2.35. The van der Waals surface area contributed by atoms with Crippen LogP contribution in [0.5, 0.6) is 5.75 Å². The van der Waals surface area contributed by atoms with Crippen LogP contribution < -0.4 is 10.3 Å². The normalized spacial score (nSPS) is 11.2. The summed E-state index contributed by atoms with van der Waals surface area (Å²) in [6, 6.07) is 11.6. The van der Waals surface area contributed by atoms with Gasteiger partial charge in [0.05, 0.1) is 29.3 Å². The number of rotatable bonds is 5. The van der Waals surface area contributed by atoms with Gasteiger partial charge in [0.2, 0.25) is 0 Å². The van der Waals surface area contributed by atoms with Gasteiger partial charge < -0.3 is 4.74 Å². The van der Waals surface area contributed by atoms with Gasteiger partial charge in [-0.05, 0) is 37.3 Å². The molecule has 2 heterocycles. The van der Waals surface area contributed by atoms with Crippen molar-refractivity contribution in [1.82, 2.24) is 14.5 Å². The fourth-order valence-corrected chi connectivity index (χ4v) is 5.15. The van der Waals surface area contributed by atoms with Gasteiger partial charge in [-0.15, -0.1) is 11.3 Å². The van der Waals surface area contributed by atoms with Crippen molar-refractivity contribution in [2.75, 3.05) is 7.11 Å². The lowest BCUT2D eigenvalue weighted by atomic mass is 10.2. The van der Waals surface area contributed by atoms with Gasteiger partial charge in [-0.2, -0.15) is 0 Å². The summed E-state index contributed by atoms with van der Waals surface area (Å²) in [6.45, 7) is 1.97. The number of thiazole rings is 1. The number of aromatic nitrogens is 3. The van der Waals surface area contributed by atoms with E-state index in [4.69, 9.17) is 9.72 Å². The van der Waals surface area contributed by atoms with Gasteiger partial charge in [0.15, 0.2) is 5.16 Å². The molecule has 5 nitrogen and oxygen atoms in total. The Morgan fingerprint density at radius 2 is 2.03 bits per heavy atom. The minimum absolute atomic E-state index is 0.0287. The van der Waals surface area contributed by atoms with Gasteiger partial charge in [-0.3, -0.25) is 9.36 Å². The van der Waals surface area contributed by atoms with Crippen LogP contribution in [0.1, 0.15) is 11.3 Å². The Labute approximate surface area is 184 Å². The minimum atomic E-state index is -0.0287. The van der Waals surface area contributed by atoms with Gasteiger partial charge >= 0.3 is 0 Å². The monoisotopic (exact) mass is 487 g/mol. The Hall–Kier alpha value is -2.16. The second-order valence-electron chi connectivity index (χ2n) is 6.56. The minimum Gasteiger partial charge on any atom is -0.496 e. The number of nitrogens with zero attached hydrogens (tertiary/aromatic N) is 3. The van der Waals surface area contributed by atoms with Crippen molar-refractivity contribution in [2.45, 2.75) is 17.8 Å². The fourth-order valence-electron chi connectivity index (χ4n) is 2.98. The molecule has 0 N–H and O–H groups in total. The van der Waals surface area contributed by atoms with E-state index in [0.717, 1.165) is 37.6 Å². The van der Waals surface area contributed by atoms with E-state index in [0.29, 0.717) is 16.3 Å². The maximum absolute atomic E-state index is 12.7. The summed E-state index contributed by atoms with van der Waals surface area (Å²) in [5.41, 5.74) is 3.64. The predicted octanol–water partition coefficient (Wildman–Crippen LogP) is 5.43. The number of halogens is 1. The first-order chi connectivity index (χ1) is 14.0. The smallest absolute Gasteiger partial charge is 0.261 e. The van der Waals surface area contributed by atoms with E-state index in [9.17, 15) is 4.79 Å². The number of ether oxygens (including phenoxy) is 1. The van der Waals surface area contributed by atoms with Crippen molar-refractivity contribution in [1.29, 1.82) is 0 Å². The number of benzene rings is 2. The number of aryl methyl sites for hydroxylation is 1. The van der Waals surface area contributed by atoms with Gasteiger partial charge in [0.1, 0.15) is 10.8 Å². The lowest BCUT2D eigenvalue weighted by Crippen LogP contribution is -2.20. The number of hydrogen-bond acceptors (Lipinski definition) is 6. The molecule has 0 unspecified atom stereocenters. The van der Waals surface area contributed by atoms with E-state index in [1.54, 1.807) is 30.1 Å². The molecule has 0 saturated heterocycles. The number of methoxy groups -OCH3 is 1. The Bertz CT molecular complexity index is 1270. The molecule has 0 aliphatic carbocycles. The largest absolute Gasteiger partial charge is 0.496 e. The van der Waals surface area contributed by atoms with Crippen molar-refractivity contribution < 1.29 is 4.74 Å². The highest BCUT2D eigenvalue weighted by molar-refractivity contribution is 9.10. The van der Waals surface area contributed by atoms with Gasteiger partial charge in [0, 0.05) is 22.7 Å². The van der Waals surface area contributed by atoms with Crippen LogP contribution in [0.3, 0.4) is 0 Å². The standard InChI is InChI=1S/C21H18BrN3O2S2/c1-12-4-6-17-15(8-12)20(26)25(2)21(24-17)29-11-14-10-28-19(23-14)16-9-13(22)5-7-18(16)27-3/h4-10H,11H2,1-3H3. The summed E-state index contributed by atoms with van der Waals surface area (Å²) < 4.78 is 8.05. The number of thioether (sulfide) groups is 1. The Morgan fingerprint density at radius 1 is 1.21 bits per heavy atom. The van der Waals surface area contributed by atoms with Crippen LogP contribution in [-0.4, -0.2) is 21.6 Å². The van der Waals surface area contributed by atoms with E-state index >= 15 is 0 Å². The summed E-state index contributed by atoms with van der Waals surface area (Å²) in [4.78, 5) is 22.1. The summed E-state index contributed by atoms with van der Waals surface area (Å²) in [6.07, 6.45) is 0. The van der Waals surface area contributed by atoms with E-state index in [1.807, 2.05) is 48.7 Å². The molecule has 2 aromatic heterocycles. The molecule has 4 aromatic rings. The van der Waals surface area contributed by atoms with E-state index in [2.05, 4.69) is 20.9 Å². The van der Waals surface area contributed by atoms with Crippen LogP contribution in [-0.2, 0) is 12.8 Å². The molecule has 148 valence electrons. The average molecular weight is 488 g/mol. The molecular formula is C21H18BrN3O2S2. The maximum atomic E-state index is 12.7. The molecule has 0 amide bonds. The third kappa shape index (κ3) is 4.10. The summed E-state index contributed by atoms with van der Waals surface area (Å²) in [5.74, 6) is 1.42. The Balaban J connectivity index is 1.60. The first-order valence-corrected chi connectivity index (χ1v) is 11.5. The molecule has 0 saturated carbocycles. The van der Waals surface area contributed by atoms with E-state index < -0.39 is 0 Å². The lowest BCUT2D eigenvalue weighted by molar-refractivity contribution is 0.416. The summed E-state index contributed by atoms with van der Waals surface area (Å²) in [5, 5.41) is 4.26. The maximum Gasteiger partial charge on any atom is 0.261 e. The third-order valence-electron chi connectivity index (χ3n) is 4.48. The molecule has 0 aliphatic heterocycles. The first kappa shape index (κ1) is 20.1. The average Bonchev–Trinajstić information content (AvgIpc) is 3.19. The van der Waals surface area contributed by atoms with Crippen molar-refractivity contribution in [2.24, 2.45) is 7.05 Å². The number of fused-ring (bicyclic) bond motifs is 1. The zero-order chi connectivity index (χ0) is 20.5. The molecule has 0 aliphatic rings. The van der Waals surface area contributed by atoms with Gasteiger partial charge in [-0.25, -0.2) is 9.97 Å². The summed E-state index contributed by atoms with van der Waals surface area (Å²) >= 11 is 6.59. The van der Waals surface area contributed by atoms with Crippen molar-refractivity contribution in [3.63, 3.8) is 0 Å². The van der Waals surface area contributed by atoms with Crippen LogP contribution in [0, 0.1) is 6.92 Å². The highest BCUT2D eigenvalue weighted by Gasteiger charge is 2.13. The van der Waals surface area contributed by atoms with Crippen LogP contribution in [0.4, 0.5) is 0 Å². The van der Waals surface area contributed by atoms with Crippen molar-refractivity contribution in [3.05, 3.63) is 67.9 Å². The SMILES string of the molecule is COc1ccc(Br)cc1-c1nc(CSc2nc3ccc(C)cc3c(=O)n2C)cs1. The topological polar surface area (TPSA) is 57.0 Å². The molecule has 4 rings (SSSR count). The zero-order valence-corrected chi connectivity index (χ0v) is 19.3. The lowest BCUT2D eigenvalue weighted by Gasteiger charge is -2.08. The molecule has 2 aromatic carbocycles. The van der Waals surface area contributed by atoms with Crippen LogP contribution in [0.2, 0.25) is 0 Å². The molecule has 0 bridgehead atoms. The molecule has 0 radical (unpaired) electrons. The molecule has 0 fully saturated rings. The fraction of sp³-hybridized carbons (Fsp3) is 0.190. The second-order valence-corrected chi connectivity index (χ2v) is 9.27. The molecule has 8 heteroatoms. The second kappa shape index (κ2) is 8.30. The molecular weight excluding hydrogens is 470 g/mol. The Kier molecular flexibility index (Phi) is 5.76. The summed E-state index contributed by atoms with van der Waals surface area (Å²) in [7, 11) is 3.42. The van der Waals surface area contributed by atoms with E-state index in [-0.39, 0.29) is 5.56 Å². The predicted molar refractivity (Wildman–Crippen MR) is 123 cm³/mol. The molecule has 0 atom stereocenters. The highest BCUT2D eigenvalue weighted by atomic mass is 79.9. The van der Waals surface area contributed by atoms with Crippen LogP contribution >= 0.6 is 39.0 Å². The van der Waals surface area contributed by atoms with Gasteiger partial charge in [-0.1, -0.05) is 39.3 Å². The third-order valence-corrected chi connectivity index (χ3v) is 6.96. The van der Waals surface area contributed by atoms with Crippen LogP contribution in [0.15, 0.2) is 56.2 Å². The zero-order valence-electron chi connectivity index (χ0n) is 16.1. The number of hydrogen-bond donors (Lipinski definition) is 0. The first-order valence-electron chi connectivity index (χ1n) is 8.85. The van der Waals surface area contributed by atoms with E-state index in [1.165, 1.54) is 11.8 Å². The molecule has 0 spiro atoms. The Morgan fingerprint density at radius 3 is 2.83 bits per heavy atom. The molecule has 29 heavy (non-hydrogen) atoms.